The molecule has 25 heavy (non-hydrogen) atoms. The van der Waals surface area contributed by atoms with E-state index < -0.39 is 0 Å². The Balaban J connectivity index is 1.87. The molecule has 0 unspecified atom stereocenters. The topological polar surface area (TPSA) is 69.7 Å². The van der Waals surface area contributed by atoms with E-state index in [9.17, 15) is 14.4 Å². The summed E-state index contributed by atoms with van der Waals surface area (Å²) in [6.07, 6.45) is 2.97. The molecule has 6 heteroatoms. The number of rotatable bonds is 3. The maximum absolute atomic E-state index is 13.1. The van der Waals surface area contributed by atoms with Crippen LogP contribution in [0.1, 0.15) is 41.6 Å². The number of aryl methyl sites for hydroxylation is 1. The highest BCUT2D eigenvalue weighted by Crippen LogP contribution is 2.29. The van der Waals surface area contributed by atoms with Crippen LogP contribution < -0.4 is 10.2 Å². The van der Waals surface area contributed by atoms with Gasteiger partial charge in [-0.05, 0) is 38.3 Å². The number of hydrogen-bond donors (Lipinski definition) is 1. The maximum atomic E-state index is 13.1. The lowest BCUT2D eigenvalue weighted by molar-refractivity contribution is -0.125. The molecule has 3 rings (SSSR count). The lowest BCUT2D eigenvalue weighted by Gasteiger charge is -2.33. The van der Waals surface area contributed by atoms with Crippen molar-refractivity contribution in [2.45, 2.75) is 32.6 Å². The average molecular weight is 343 g/mol. The number of piperidine rings is 1. The molecule has 1 N–H and O–H groups in total. The summed E-state index contributed by atoms with van der Waals surface area (Å²) in [6.45, 7) is 3.67. The van der Waals surface area contributed by atoms with Crippen molar-refractivity contribution < 1.29 is 14.4 Å². The molecule has 2 aliphatic heterocycles. The van der Waals surface area contributed by atoms with Crippen molar-refractivity contribution in [3.05, 3.63) is 29.3 Å². The van der Waals surface area contributed by atoms with Crippen LogP contribution in [0.25, 0.3) is 0 Å². The van der Waals surface area contributed by atoms with Gasteiger partial charge in [-0.2, -0.15) is 0 Å². The van der Waals surface area contributed by atoms with Crippen molar-refractivity contribution in [2.24, 2.45) is 5.92 Å². The quantitative estimate of drug-likeness (QED) is 0.908. The predicted octanol–water partition coefficient (Wildman–Crippen LogP) is 1.72. The van der Waals surface area contributed by atoms with E-state index in [1.165, 1.54) is 0 Å². The van der Waals surface area contributed by atoms with Crippen LogP contribution in [-0.4, -0.2) is 49.3 Å². The molecule has 0 spiro atoms. The third-order valence-corrected chi connectivity index (χ3v) is 5.07. The number of nitrogens with one attached hydrogen (secondary N) is 1. The highest BCUT2D eigenvalue weighted by molar-refractivity contribution is 6.05. The van der Waals surface area contributed by atoms with E-state index >= 15 is 0 Å². The van der Waals surface area contributed by atoms with Crippen molar-refractivity contribution in [3.8, 4) is 0 Å². The van der Waals surface area contributed by atoms with Gasteiger partial charge in [-0.15, -0.1) is 0 Å². The molecule has 0 bridgehead atoms. The lowest BCUT2D eigenvalue weighted by atomic mass is 9.96. The van der Waals surface area contributed by atoms with Gasteiger partial charge in [0.2, 0.25) is 11.8 Å². The summed E-state index contributed by atoms with van der Waals surface area (Å²) in [7, 11) is 1.63. The van der Waals surface area contributed by atoms with Gasteiger partial charge >= 0.3 is 0 Å². The van der Waals surface area contributed by atoms with Gasteiger partial charge in [0.1, 0.15) is 0 Å². The Morgan fingerprint density at radius 2 is 2.00 bits per heavy atom. The number of hydrogen-bond acceptors (Lipinski definition) is 3. The predicted molar refractivity (Wildman–Crippen MR) is 95.5 cm³/mol. The molecule has 0 aliphatic carbocycles. The first-order valence-corrected chi connectivity index (χ1v) is 8.93. The molecule has 0 aromatic heterocycles. The fraction of sp³-hybridized carbons (Fsp3) is 0.526. The van der Waals surface area contributed by atoms with E-state index in [0.717, 1.165) is 24.8 Å². The second-order valence-electron chi connectivity index (χ2n) is 6.87. The molecular weight excluding hydrogens is 318 g/mol. The van der Waals surface area contributed by atoms with Crippen molar-refractivity contribution in [1.82, 2.24) is 10.2 Å². The van der Waals surface area contributed by atoms with Crippen molar-refractivity contribution in [1.29, 1.82) is 0 Å². The Hall–Kier alpha value is -2.37. The van der Waals surface area contributed by atoms with Gasteiger partial charge < -0.3 is 15.1 Å². The van der Waals surface area contributed by atoms with Crippen LogP contribution in [0.15, 0.2) is 18.2 Å². The Morgan fingerprint density at radius 3 is 2.68 bits per heavy atom. The Morgan fingerprint density at radius 1 is 1.20 bits per heavy atom. The number of benzene rings is 1. The Bertz CT molecular complexity index is 701. The number of anilines is 1. The number of carbonyl (C=O) groups excluding carboxylic acids is 3. The van der Waals surface area contributed by atoms with Gasteiger partial charge in [0, 0.05) is 33.1 Å². The monoisotopic (exact) mass is 343 g/mol. The molecule has 1 atom stereocenters. The summed E-state index contributed by atoms with van der Waals surface area (Å²) >= 11 is 0. The third kappa shape index (κ3) is 3.52. The first-order valence-electron chi connectivity index (χ1n) is 8.93. The molecule has 2 heterocycles. The number of amides is 3. The molecule has 1 aromatic carbocycles. The smallest absolute Gasteiger partial charge is 0.256 e. The minimum absolute atomic E-state index is 0.0170. The van der Waals surface area contributed by atoms with Crippen molar-refractivity contribution >= 4 is 23.4 Å². The number of carbonyl (C=O) groups is 3. The van der Waals surface area contributed by atoms with Crippen LogP contribution in [0.5, 0.6) is 0 Å². The molecule has 0 saturated carbocycles. The molecule has 2 aliphatic rings. The summed E-state index contributed by atoms with van der Waals surface area (Å²) in [4.78, 5) is 40.7. The van der Waals surface area contributed by atoms with Crippen molar-refractivity contribution in [3.63, 3.8) is 0 Å². The van der Waals surface area contributed by atoms with E-state index in [1.54, 1.807) is 16.8 Å². The minimum Gasteiger partial charge on any atom is -0.359 e. The van der Waals surface area contributed by atoms with Gasteiger partial charge in [0.15, 0.2) is 0 Å². The maximum Gasteiger partial charge on any atom is 0.256 e. The van der Waals surface area contributed by atoms with E-state index in [1.807, 2.05) is 25.1 Å². The second kappa shape index (κ2) is 7.25. The van der Waals surface area contributed by atoms with E-state index in [2.05, 4.69) is 5.32 Å². The molecular formula is C19H25N3O3. The summed E-state index contributed by atoms with van der Waals surface area (Å²) in [5.41, 5.74) is 2.24. The Labute approximate surface area is 148 Å². The lowest BCUT2D eigenvalue weighted by Crippen LogP contribution is -2.45. The van der Waals surface area contributed by atoms with Crippen molar-refractivity contribution in [2.75, 3.05) is 31.6 Å². The molecule has 1 aromatic rings. The fourth-order valence-electron chi connectivity index (χ4n) is 3.71. The summed E-state index contributed by atoms with van der Waals surface area (Å²) in [5, 5.41) is 2.68. The van der Waals surface area contributed by atoms with E-state index in [-0.39, 0.29) is 23.6 Å². The molecule has 0 radical (unpaired) electrons. The normalized spacial score (nSPS) is 20.7. The van der Waals surface area contributed by atoms with E-state index in [0.29, 0.717) is 37.3 Å². The van der Waals surface area contributed by atoms with Crippen LogP contribution in [0.4, 0.5) is 5.69 Å². The first kappa shape index (κ1) is 17.5. The van der Waals surface area contributed by atoms with Gasteiger partial charge in [-0.3, -0.25) is 14.4 Å². The number of nitrogens with zero attached hydrogens (tertiary/aromatic N) is 2. The largest absolute Gasteiger partial charge is 0.359 e. The highest BCUT2D eigenvalue weighted by Gasteiger charge is 2.31. The zero-order valence-corrected chi connectivity index (χ0v) is 14.9. The fourth-order valence-corrected chi connectivity index (χ4v) is 3.71. The second-order valence-corrected chi connectivity index (χ2v) is 6.87. The molecule has 3 amide bonds. The average Bonchev–Trinajstić information content (AvgIpc) is 3.06. The standard InChI is InChI=1S/C19H25N3O3/c1-13-7-8-16(22-10-4-6-17(22)23)15(11-13)19(25)21-9-3-5-14(12-21)18(24)20-2/h7-8,11,14H,3-6,9-10,12H2,1-2H3,(H,20,24)/t14-/m1/s1. The SMILES string of the molecule is CNC(=O)[C@@H]1CCCN(C(=O)c2cc(C)ccc2N2CCCC2=O)C1. The van der Waals surface area contributed by atoms with Crippen LogP contribution in [0.3, 0.4) is 0 Å². The zero-order valence-electron chi connectivity index (χ0n) is 14.9. The number of likely N-dealkylation sites (tertiary alicyclic amines) is 1. The van der Waals surface area contributed by atoms with Crippen LogP contribution in [-0.2, 0) is 9.59 Å². The first-order chi connectivity index (χ1) is 12.0. The van der Waals surface area contributed by atoms with Gasteiger partial charge in [-0.1, -0.05) is 11.6 Å². The van der Waals surface area contributed by atoms with Crippen LogP contribution in [0.2, 0.25) is 0 Å². The molecule has 6 nitrogen and oxygen atoms in total. The van der Waals surface area contributed by atoms with E-state index in [4.69, 9.17) is 0 Å². The molecule has 134 valence electrons. The summed E-state index contributed by atoms with van der Waals surface area (Å²) in [5.74, 6) is -0.201. The zero-order chi connectivity index (χ0) is 18.0. The van der Waals surface area contributed by atoms with Gasteiger partial charge in [0.05, 0.1) is 17.2 Å². The molecule has 2 saturated heterocycles. The molecule has 2 fully saturated rings. The Kier molecular flexibility index (Phi) is 5.06. The summed E-state index contributed by atoms with van der Waals surface area (Å²) < 4.78 is 0. The van der Waals surface area contributed by atoms with Gasteiger partial charge in [0.25, 0.3) is 5.91 Å². The summed E-state index contributed by atoms with van der Waals surface area (Å²) in [6, 6.07) is 5.65. The minimum atomic E-state index is -0.163. The van der Waals surface area contributed by atoms with Crippen LogP contribution in [0, 0.1) is 12.8 Å². The van der Waals surface area contributed by atoms with Gasteiger partial charge in [-0.25, -0.2) is 0 Å². The van der Waals surface area contributed by atoms with Crippen LogP contribution >= 0.6 is 0 Å². The highest BCUT2D eigenvalue weighted by atomic mass is 16.2. The third-order valence-electron chi connectivity index (χ3n) is 5.07.